The number of aliphatic hydroxyl groups excluding tert-OH is 3. The van der Waals surface area contributed by atoms with Crippen molar-refractivity contribution < 1.29 is 44.6 Å². The first-order valence-corrected chi connectivity index (χ1v) is 8.62. The summed E-state index contributed by atoms with van der Waals surface area (Å²) in [6.45, 7) is -0.0453. The van der Waals surface area contributed by atoms with Crippen molar-refractivity contribution in [3.8, 4) is 0 Å². The molecule has 1 saturated heterocycles. The molecule has 6 N–H and O–H groups in total. The number of aromatic nitrogens is 1. The van der Waals surface area contributed by atoms with Crippen LogP contribution < -0.4 is 0 Å². The lowest BCUT2D eigenvalue weighted by atomic mass is 9.99. The van der Waals surface area contributed by atoms with Gasteiger partial charge in [0, 0.05) is 23.5 Å². The minimum absolute atomic E-state index is 0.0215. The van der Waals surface area contributed by atoms with Crippen molar-refractivity contribution in [2.24, 2.45) is 0 Å². The van der Waals surface area contributed by atoms with E-state index in [0.717, 1.165) is 16.5 Å². The van der Waals surface area contributed by atoms with Crippen molar-refractivity contribution in [3.05, 3.63) is 35.5 Å². The van der Waals surface area contributed by atoms with Gasteiger partial charge in [0.1, 0.15) is 18.3 Å². The summed E-state index contributed by atoms with van der Waals surface area (Å²) in [4.78, 5) is 24.9. The molecule has 28 heavy (non-hydrogen) atoms. The van der Waals surface area contributed by atoms with Gasteiger partial charge in [-0.1, -0.05) is 12.1 Å². The molecule has 0 saturated carbocycles. The molecule has 10 nitrogen and oxygen atoms in total. The lowest BCUT2D eigenvalue weighted by Crippen LogP contribution is -2.60. The number of ether oxygens (including phenoxy) is 2. The lowest BCUT2D eigenvalue weighted by Gasteiger charge is -2.38. The number of carboxylic acid groups (broad SMARTS) is 2. The summed E-state index contributed by atoms with van der Waals surface area (Å²) >= 11 is 0. The van der Waals surface area contributed by atoms with E-state index in [0.29, 0.717) is 12.0 Å². The number of carbonyl (C=O) groups is 2. The minimum Gasteiger partial charge on any atom is -0.481 e. The third kappa shape index (κ3) is 4.16. The van der Waals surface area contributed by atoms with Crippen LogP contribution in [0.15, 0.2) is 24.4 Å². The maximum absolute atomic E-state index is 11.1. The number of aromatic amines is 1. The summed E-state index contributed by atoms with van der Waals surface area (Å²) < 4.78 is 10.5. The van der Waals surface area contributed by atoms with Crippen LogP contribution in [0.4, 0.5) is 0 Å². The molecule has 0 amide bonds. The molecule has 5 atom stereocenters. The second kappa shape index (κ2) is 8.25. The van der Waals surface area contributed by atoms with E-state index in [1.54, 1.807) is 24.4 Å². The smallest absolute Gasteiger partial charge is 0.335 e. The van der Waals surface area contributed by atoms with Crippen LogP contribution in [0.3, 0.4) is 0 Å². The average molecular weight is 395 g/mol. The van der Waals surface area contributed by atoms with Gasteiger partial charge in [0.2, 0.25) is 0 Å². The highest BCUT2D eigenvalue weighted by molar-refractivity contribution is 5.84. The summed E-state index contributed by atoms with van der Waals surface area (Å²) in [6.07, 6.45) is -6.09. The summed E-state index contributed by atoms with van der Waals surface area (Å²) in [5, 5.41) is 48.1. The maximum atomic E-state index is 11.1. The number of aliphatic hydroxyl groups is 3. The minimum atomic E-state index is -1.77. The van der Waals surface area contributed by atoms with E-state index in [1.165, 1.54) is 0 Å². The molecule has 152 valence electrons. The summed E-state index contributed by atoms with van der Waals surface area (Å²) in [5.41, 5.74) is 2.32. The van der Waals surface area contributed by atoms with Crippen LogP contribution in [-0.4, -0.2) is 73.2 Å². The quantitative estimate of drug-likeness (QED) is 0.365. The summed E-state index contributed by atoms with van der Waals surface area (Å²) in [6, 6.07) is 5.32. The Morgan fingerprint density at radius 3 is 2.54 bits per heavy atom. The van der Waals surface area contributed by atoms with Gasteiger partial charge in [-0.05, 0) is 23.6 Å². The van der Waals surface area contributed by atoms with Gasteiger partial charge in [-0.3, -0.25) is 4.79 Å². The van der Waals surface area contributed by atoms with E-state index in [2.05, 4.69) is 4.98 Å². The van der Waals surface area contributed by atoms with E-state index in [1.807, 2.05) is 0 Å². The predicted molar refractivity (Wildman–Crippen MR) is 93.4 cm³/mol. The van der Waals surface area contributed by atoms with Crippen LogP contribution in [-0.2, 0) is 32.1 Å². The monoisotopic (exact) mass is 395 g/mol. The molecular formula is C18H21NO9. The lowest BCUT2D eigenvalue weighted by molar-refractivity contribution is -0.297. The zero-order valence-corrected chi connectivity index (χ0v) is 14.7. The Labute approximate surface area is 158 Å². The van der Waals surface area contributed by atoms with Crippen molar-refractivity contribution >= 4 is 22.8 Å². The number of rotatable bonds is 7. The molecule has 2 heterocycles. The van der Waals surface area contributed by atoms with Crippen molar-refractivity contribution in [1.82, 2.24) is 4.98 Å². The Morgan fingerprint density at radius 1 is 1.11 bits per heavy atom. The standard InChI is InChI=1S/C18H21NO9/c20-12(21)4-2-9-6-19-11-5-8(1-3-10(9)11)7-27-18-15(24)13(22)14(23)16(28-18)17(25)26/h1,3,5-6,13-16,18-19,22-24H,2,4,7H2,(H,20,21)(H,25,26)/t13-,14-,15+,16-,18?/m0/s1. The van der Waals surface area contributed by atoms with Crippen LogP contribution in [0, 0.1) is 0 Å². The third-order valence-electron chi connectivity index (χ3n) is 4.67. The molecule has 2 aromatic rings. The molecule has 0 bridgehead atoms. The maximum Gasteiger partial charge on any atom is 0.335 e. The Bertz CT molecular complexity index is 864. The van der Waals surface area contributed by atoms with Gasteiger partial charge in [-0.25, -0.2) is 4.79 Å². The molecular weight excluding hydrogens is 374 g/mol. The predicted octanol–water partition coefficient (Wildman–Crippen LogP) is -0.406. The highest BCUT2D eigenvalue weighted by atomic mass is 16.7. The van der Waals surface area contributed by atoms with Gasteiger partial charge in [0.25, 0.3) is 0 Å². The van der Waals surface area contributed by atoms with E-state index in [-0.39, 0.29) is 13.0 Å². The first kappa shape index (κ1) is 20.2. The van der Waals surface area contributed by atoms with Gasteiger partial charge in [0.15, 0.2) is 12.4 Å². The highest BCUT2D eigenvalue weighted by Gasteiger charge is 2.47. The SMILES string of the molecule is O=C(O)CCc1c[nH]c2cc(COC3O[C@H](C(=O)O)[C@@H](O)[C@H](O)[C@H]3O)ccc12. The summed E-state index contributed by atoms with van der Waals surface area (Å²) in [7, 11) is 0. The van der Waals surface area contributed by atoms with Crippen molar-refractivity contribution in [3.63, 3.8) is 0 Å². The second-order valence-electron chi connectivity index (χ2n) is 6.63. The fourth-order valence-corrected chi connectivity index (χ4v) is 3.14. The number of nitrogens with one attached hydrogen (secondary N) is 1. The number of aryl methyl sites for hydroxylation is 1. The number of hydrogen-bond acceptors (Lipinski definition) is 7. The van der Waals surface area contributed by atoms with Crippen LogP contribution in [0.2, 0.25) is 0 Å². The summed E-state index contributed by atoms with van der Waals surface area (Å²) in [5.74, 6) is -2.36. The molecule has 1 aliphatic rings. The van der Waals surface area contributed by atoms with Gasteiger partial charge in [-0.15, -0.1) is 0 Å². The zero-order chi connectivity index (χ0) is 20.4. The largest absolute Gasteiger partial charge is 0.481 e. The molecule has 0 radical (unpaired) electrons. The van der Waals surface area contributed by atoms with Crippen molar-refractivity contribution in [2.75, 3.05) is 0 Å². The zero-order valence-electron chi connectivity index (χ0n) is 14.7. The molecule has 10 heteroatoms. The van der Waals surface area contributed by atoms with Crippen LogP contribution in [0.25, 0.3) is 10.9 Å². The Hall–Kier alpha value is -2.50. The number of fused-ring (bicyclic) bond motifs is 1. The fraction of sp³-hybridized carbons (Fsp3) is 0.444. The van der Waals surface area contributed by atoms with Gasteiger partial charge < -0.3 is 40.0 Å². The Kier molecular flexibility index (Phi) is 5.96. The van der Waals surface area contributed by atoms with E-state index < -0.39 is 42.6 Å². The molecule has 1 aliphatic heterocycles. The molecule has 0 spiro atoms. The topological polar surface area (TPSA) is 170 Å². The number of H-pyrrole nitrogens is 1. The Balaban J connectivity index is 1.67. The highest BCUT2D eigenvalue weighted by Crippen LogP contribution is 2.25. The van der Waals surface area contributed by atoms with Gasteiger partial charge in [-0.2, -0.15) is 0 Å². The van der Waals surface area contributed by atoms with Crippen molar-refractivity contribution in [2.45, 2.75) is 50.2 Å². The number of benzene rings is 1. The van der Waals surface area contributed by atoms with Gasteiger partial charge in [0.05, 0.1) is 6.61 Å². The van der Waals surface area contributed by atoms with Crippen molar-refractivity contribution in [1.29, 1.82) is 0 Å². The molecule has 1 aromatic carbocycles. The molecule has 1 unspecified atom stereocenters. The Morgan fingerprint density at radius 2 is 1.86 bits per heavy atom. The first-order chi connectivity index (χ1) is 13.3. The van der Waals surface area contributed by atoms with E-state index >= 15 is 0 Å². The number of carboxylic acids is 2. The number of hydrogen-bond donors (Lipinski definition) is 6. The van der Waals surface area contributed by atoms with Crippen LogP contribution in [0.5, 0.6) is 0 Å². The van der Waals surface area contributed by atoms with Crippen LogP contribution in [0.1, 0.15) is 17.5 Å². The fourth-order valence-electron chi connectivity index (χ4n) is 3.14. The first-order valence-electron chi connectivity index (χ1n) is 8.62. The average Bonchev–Trinajstić information content (AvgIpc) is 3.06. The van der Waals surface area contributed by atoms with E-state index in [4.69, 9.17) is 19.7 Å². The molecule has 3 rings (SSSR count). The number of aliphatic carboxylic acids is 2. The second-order valence-corrected chi connectivity index (χ2v) is 6.63. The molecule has 0 aliphatic carbocycles. The van der Waals surface area contributed by atoms with Gasteiger partial charge >= 0.3 is 11.9 Å². The van der Waals surface area contributed by atoms with E-state index in [9.17, 15) is 24.9 Å². The molecule has 1 fully saturated rings. The molecule has 1 aromatic heterocycles. The third-order valence-corrected chi connectivity index (χ3v) is 4.67. The van der Waals surface area contributed by atoms with Crippen LogP contribution >= 0.6 is 0 Å². The normalized spacial score (nSPS) is 27.8.